The quantitative estimate of drug-likeness (QED) is 0.339. The van der Waals surface area contributed by atoms with E-state index >= 15 is 0 Å². The molecule has 3 aromatic rings. The van der Waals surface area contributed by atoms with Gasteiger partial charge in [-0.25, -0.2) is 0 Å². The summed E-state index contributed by atoms with van der Waals surface area (Å²) in [6, 6.07) is 12.2. The number of azo groups is 1. The minimum absolute atomic E-state index is 0.185. The molecule has 11 heteroatoms. The molecule has 0 amide bonds. The number of rotatable bonds is 4. The fourth-order valence-corrected chi connectivity index (χ4v) is 3.43. The molecule has 0 radical (unpaired) electrons. The molecule has 0 unspecified atom stereocenters. The third-order valence-electron chi connectivity index (χ3n) is 3.69. The Bertz CT molecular complexity index is 1280. The van der Waals surface area contributed by atoms with Crippen LogP contribution in [0.25, 0.3) is 10.8 Å². The van der Waals surface area contributed by atoms with Gasteiger partial charge in [-0.15, -0.1) is 5.11 Å². The predicted octanol–water partition coefficient (Wildman–Crippen LogP) is 3.33. The number of benzene rings is 3. The lowest BCUT2D eigenvalue weighted by atomic mass is 10.1. The molecule has 0 spiro atoms. The molecule has 4 N–H and O–H groups in total. The second-order valence-electron chi connectivity index (χ2n) is 5.53. The van der Waals surface area contributed by atoms with Gasteiger partial charge in [0.1, 0.15) is 0 Å². The standard InChI is InChI=1S/C16H13N3O6S2/c17-15-6-7-16(13-5-4-12(9-14(13)15)27(23,24)25)19-18-10-2-1-3-11(8-10)26(20,21)22/h1-9H,17H2,(H,20,21,22)(H,23,24,25)/b19-18+. The SMILES string of the molecule is Nc1ccc(/N=N/c2cccc(S(=O)(=O)O)c2)c2ccc(S(=O)(=O)O)cc12. The van der Waals surface area contributed by atoms with Gasteiger partial charge in [0, 0.05) is 16.5 Å². The van der Waals surface area contributed by atoms with E-state index in [-0.39, 0.29) is 21.2 Å². The Morgan fingerprint density at radius 1 is 0.741 bits per heavy atom. The van der Waals surface area contributed by atoms with E-state index in [0.29, 0.717) is 16.5 Å². The molecule has 0 fully saturated rings. The smallest absolute Gasteiger partial charge is 0.294 e. The van der Waals surface area contributed by atoms with Gasteiger partial charge in [-0.3, -0.25) is 9.11 Å². The average molecular weight is 407 g/mol. The van der Waals surface area contributed by atoms with E-state index in [1.54, 1.807) is 6.07 Å². The van der Waals surface area contributed by atoms with E-state index in [2.05, 4.69) is 10.2 Å². The van der Waals surface area contributed by atoms with Crippen molar-refractivity contribution in [3.63, 3.8) is 0 Å². The molecule has 140 valence electrons. The molecule has 0 atom stereocenters. The third kappa shape index (κ3) is 4.11. The summed E-state index contributed by atoms with van der Waals surface area (Å²) in [5, 5.41) is 8.82. The number of nitrogens with two attached hydrogens (primary N) is 1. The Hall–Kier alpha value is -2.86. The largest absolute Gasteiger partial charge is 0.398 e. The topological polar surface area (TPSA) is 159 Å². The molecule has 0 aliphatic carbocycles. The van der Waals surface area contributed by atoms with Gasteiger partial charge in [-0.1, -0.05) is 12.1 Å². The summed E-state index contributed by atoms with van der Waals surface area (Å²) in [5.74, 6) is 0. The van der Waals surface area contributed by atoms with Crippen molar-refractivity contribution in [1.29, 1.82) is 0 Å². The maximum atomic E-state index is 11.3. The van der Waals surface area contributed by atoms with Gasteiger partial charge >= 0.3 is 0 Å². The van der Waals surface area contributed by atoms with Crippen molar-refractivity contribution < 1.29 is 25.9 Å². The van der Waals surface area contributed by atoms with Gasteiger partial charge in [0.15, 0.2) is 0 Å². The molecule has 3 rings (SSSR count). The number of nitrogens with zero attached hydrogens (tertiary/aromatic N) is 2. The molecule has 0 heterocycles. The Kier molecular flexibility index (Phi) is 4.70. The fourth-order valence-electron chi connectivity index (χ4n) is 2.40. The highest BCUT2D eigenvalue weighted by Crippen LogP contribution is 2.33. The third-order valence-corrected chi connectivity index (χ3v) is 5.38. The van der Waals surface area contributed by atoms with E-state index in [0.717, 1.165) is 6.07 Å². The molecule has 0 saturated heterocycles. The van der Waals surface area contributed by atoms with Crippen molar-refractivity contribution in [3.8, 4) is 0 Å². The molecule has 27 heavy (non-hydrogen) atoms. The average Bonchev–Trinajstić information content (AvgIpc) is 2.60. The van der Waals surface area contributed by atoms with Crippen LogP contribution in [0.1, 0.15) is 0 Å². The summed E-state index contributed by atoms with van der Waals surface area (Å²) in [5.41, 5.74) is 6.68. The molecule has 0 bridgehead atoms. The van der Waals surface area contributed by atoms with E-state index < -0.39 is 20.2 Å². The first-order chi connectivity index (χ1) is 12.6. The lowest BCUT2D eigenvalue weighted by Crippen LogP contribution is -1.98. The van der Waals surface area contributed by atoms with E-state index in [1.807, 2.05) is 0 Å². The summed E-state index contributed by atoms with van der Waals surface area (Å²) >= 11 is 0. The summed E-state index contributed by atoms with van der Waals surface area (Å²) in [6.07, 6.45) is 0. The monoisotopic (exact) mass is 407 g/mol. The zero-order valence-corrected chi connectivity index (χ0v) is 15.1. The van der Waals surface area contributed by atoms with Gasteiger partial charge in [-0.2, -0.15) is 21.9 Å². The first-order valence-corrected chi connectivity index (χ1v) is 10.2. The number of fused-ring (bicyclic) bond motifs is 1. The van der Waals surface area contributed by atoms with E-state index in [4.69, 9.17) is 10.3 Å². The summed E-state index contributed by atoms with van der Waals surface area (Å²) in [7, 11) is -8.75. The van der Waals surface area contributed by atoms with Crippen LogP contribution in [0, 0.1) is 0 Å². The summed E-state index contributed by atoms with van der Waals surface area (Å²) in [6.45, 7) is 0. The van der Waals surface area contributed by atoms with E-state index in [9.17, 15) is 21.4 Å². The highest BCUT2D eigenvalue weighted by molar-refractivity contribution is 7.86. The van der Waals surface area contributed by atoms with Gasteiger partial charge in [0.25, 0.3) is 20.2 Å². The second kappa shape index (κ2) is 6.70. The normalized spacial score (nSPS) is 12.7. The summed E-state index contributed by atoms with van der Waals surface area (Å²) in [4.78, 5) is -0.629. The van der Waals surface area contributed by atoms with Crippen molar-refractivity contribution in [3.05, 3.63) is 54.6 Å². The maximum Gasteiger partial charge on any atom is 0.294 e. The van der Waals surface area contributed by atoms with Crippen LogP contribution in [0.5, 0.6) is 0 Å². The van der Waals surface area contributed by atoms with Crippen molar-refractivity contribution in [2.75, 3.05) is 5.73 Å². The number of anilines is 1. The van der Waals surface area contributed by atoms with Crippen LogP contribution in [0.4, 0.5) is 17.1 Å². The van der Waals surface area contributed by atoms with Crippen molar-refractivity contribution in [2.45, 2.75) is 9.79 Å². The van der Waals surface area contributed by atoms with E-state index in [1.165, 1.54) is 42.5 Å². The summed E-state index contributed by atoms with van der Waals surface area (Å²) < 4.78 is 63.2. The van der Waals surface area contributed by atoms with Gasteiger partial charge < -0.3 is 5.73 Å². The second-order valence-corrected chi connectivity index (χ2v) is 8.37. The lowest BCUT2D eigenvalue weighted by Gasteiger charge is -2.06. The Balaban J connectivity index is 2.08. The van der Waals surface area contributed by atoms with Gasteiger partial charge in [0.05, 0.1) is 21.2 Å². The number of nitrogen functional groups attached to an aromatic ring is 1. The first-order valence-electron chi connectivity index (χ1n) is 7.35. The molecule has 0 aliphatic heterocycles. The lowest BCUT2D eigenvalue weighted by molar-refractivity contribution is 0.481. The zero-order valence-electron chi connectivity index (χ0n) is 13.5. The molecular weight excluding hydrogens is 394 g/mol. The molecule has 3 aromatic carbocycles. The Morgan fingerprint density at radius 3 is 2.07 bits per heavy atom. The first kappa shape index (κ1) is 18.9. The number of hydrogen-bond acceptors (Lipinski definition) is 7. The van der Waals surface area contributed by atoms with Crippen molar-refractivity contribution >= 4 is 48.1 Å². The highest BCUT2D eigenvalue weighted by Gasteiger charge is 2.13. The molecule has 0 aromatic heterocycles. The Morgan fingerprint density at radius 2 is 1.41 bits per heavy atom. The molecular formula is C16H13N3O6S2. The van der Waals surface area contributed by atoms with Gasteiger partial charge in [0.2, 0.25) is 0 Å². The maximum absolute atomic E-state index is 11.3. The van der Waals surface area contributed by atoms with Crippen LogP contribution >= 0.6 is 0 Å². The predicted molar refractivity (Wildman–Crippen MR) is 98.6 cm³/mol. The molecule has 9 nitrogen and oxygen atoms in total. The molecule has 0 aliphatic rings. The zero-order chi connectivity index (χ0) is 19.8. The number of hydrogen-bond donors (Lipinski definition) is 3. The van der Waals surface area contributed by atoms with Crippen LogP contribution in [-0.4, -0.2) is 25.9 Å². The Labute approximate surface area is 154 Å². The minimum Gasteiger partial charge on any atom is -0.398 e. The minimum atomic E-state index is -4.39. The van der Waals surface area contributed by atoms with Crippen molar-refractivity contribution in [1.82, 2.24) is 0 Å². The van der Waals surface area contributed by atoms with Crippen LogP contribution in [0.2, 0.25) is 0 Å². The van der Waals surface area contributed by atoms with Crippen LogP contribution < -0.4 is 5.73 Å². The van der Waals surface area contributed by atoms with Gasteiger partial charge in [-0.05, 0) is 42.5 Å². The highest BCUT2D eigenvalue weighted by atomic mass is 32.2. The van der Waals surface area contributed by atoms with Crippen LogP contribution in [-0.2, 0) is 20.2 Å². The fraction of sp³-hybridized carbons (Fsp3) is 0. The molecule has 0 saturated carbocycles. The van der Waals surface area contributed by atoms with Crippen LogP contribution in [0.15, 0.2) is 74.6 Å². The van der Waals surface area contributed by atoms with Crippen LogP contribution in [0.3, 0.4) is 0 Å². The van der Waals surface area contributed by atoms with Crippen molar-refractivity contribution in [2.24, 2.45) is 10.2 Å².